The minimum Gasteiger partial charge on any atom is -0.394 e. The maximum atomic E-state index is 10.8. The molecular formula is C8H14N4O3. The van der Waals surface area contributed by atoms with Crippen molar-refractivity contribution in [2.45, 2.75) is 19.9 Å². The van der Waals surface area contributed by atoms with Gasteiger partial charge in [-0.2, -0.15) is 5.10 Å². The van der Waals surface area contributed by atoms with E-state index >= 15 is 0 Å². The maximum Gasteiger partial charge on any atom is 0.333 e. The summed E-state index contributed by atoms with van der Waals surface area (Å²) in [6.45, 7) is 3.21. The molecule has 0 saturated heterocycles. The minimum atomic E-state index is -0.477. The lowest BCUT2D eigenvalue weighted by atomic mass is 10.3. The Bertz CT molecular complexity index is 374. The maximum absolute atomic E-state index is 10.8. The van der Waals surface area contributed by atoms with Gasteiger partial charge in [0, 0.05) is 13.1 Å². The van der Waals surface area contributed by atoms with Crippen LogP contribution in [0.25, 0.3) is 0 Å². The molecule has 1 rings (SSSR count). The summed E-state index contributed by atoms with van der Waals surface area (Å²) in [5, 5.41) is 26.4. The largest absolute Gasteiger partial charge is 0.394 e. The van der Waals surface area contributed by atoms with Gasteiger partial charge in [0.2, 0.25) is 5.82 Å². The summed E-state index contributed by atoms with van der Waals surface area (Å²) >= 11 is 0. The van der Waals surface area contributed by atoms with Gasteiger partial charge in [-0.25, -0.2) is 4.68 Å². The first-order chi connectivity index (χ1) is 6.97. The predicted octanol–water partition coefficient (Wildman–Crippen LogP) is 0.429. The lowest BCUT2D eigenvalue weighted by Crippen LogP contribution is -2.21. The molecule has 7 heteroatoms. The van der Waals surface area contributed by atoms with E-state index in [4.69, 9.17) is 5.11 Å². The van der Waals surface area contributed by atoms with Gasteiger partial charge in [-0.3, -0.25) is 10.1 Å². The van der Waals surface area contributed by atoms with Crippen LogP contribution in [-0.2, 0) is 7.05 Å². The van der Waals surface area contributed by atoms with Gasteiger partial charge in [-0.1, -0.05) is 0 Å². The minimum absolute atomic E-state index is 0.0437. The van der Waals surface area contributed by atoms with Crippen LogP contribution in [0.2, 0.25) is 0 Å². The Morgan fingerprint density at radius 3 is 2.80 bits per heavy atom. The average molecular weight is 214 g/mol. The Hall–Kier alpha value is -1.63. The van der Waals surface area contributed by atoms with Gasteiger partial charge in [-0.05, 0) is 13.8 Å². The molecule has 0 radical (unpaired) electrons. The third kappa shape index (κ3) is 2.24. The summed E-state index contributed by atoms with van der Waals surface area (Å²) in [7, 11) is 1.62. The molecule has 0 aliphatic rings. The fourth-order valence-corrected chi connectivity index (χ4v) is 1.31. The molecule has 0 aliphatic heterocycles. The molecule has 1 aromatic heterocycles. The molecule has 0 bridgehead atoms. The molecule has 1 aromatic rings. The second kappa shape index (κ2) is 4.26. The number of hydrogen-bond donors (Lipinski definition) is 2. The highest BCUT2D eigenvalue weighted by molar-refractivity contribution is 5.59. The first-order valence-electron chi connectivity index (χ1n) is 4.52. The Labute approximate surface area is 86.9 Å². The first kappa shape index (κ1) is 11.4. The highest BCUT2D eigenvalue weighted by atomic mass is 16.6. The third-order valence-corrected chi connectivity index (χ3v) is 2.03. The fraction of sp³-hybridized carbons (Fsp3) is 0.625. The molecule has 2 N–H and O–H groups in total. The fourth-order valence-electron chi connectivity index (χ4n) is 1.31. The van der Waals surface area contributed by atoms with Crippen molar-refractivity contribution < 1.29 is 10.0 Å². The predicted molar refractivity (Wildman–Crippen MR) is 54.8 cm³/mol. The van der Waals surface area contributed by atoms with E-state index in [1.165, 1.54) is 4.68 Å². The van der Waals surface area contributed by atoms with Crippen LogP contribution < -0.4 is 5.32 Å². The third-order valence-electron chi connectivity index (χ3n) is 2.03. The van der Waals surface area contributed by atoms with E-state index in [2.05, 4.69) is 10.4 Å². The Balaban J connectivity index is 3.09. The Kier molecular flexibility index (Phi) is 3.25. The number of nitrogens with one attached hydrogen (secondary N) is 1. The van der Waals surface area contributed by atoms with E-state index in [0.717, 1.165) is 0 Å². The van der Waals surface area contributed by atoms with Crippen molar-refractivity contribution in [1.82, 2.24) is 9.78 Å². The van der Waals surface area contributed by atoms with E-state index in [1.807, 2.05) is 0 Å². The van der Waals surface area contributed by atoms with Crippen LogP contribution in [0.4, 0.5) is 11.5 Å². The molecule has 1 heterocycles. The molecule has 0 fully saturated rings. The highest BCUT2D eigenvalue weighted by Gasteiger charge is 2.24. The number of nitrogens with zero attached hydrogens (tertiary/aromatic N) is 3. The van der Waals surface area contributed by atoms with Gasteiger partial charge in [0.1, 0.15) is 5.69 Å². The molecule has 84 valence electrons. The molecule has 0 saturated carbocycles. The van der Waals surface area contributed by atoms with Gasteiger partial charge >= 0.3 is 5.69 Å². The quantitative estimate of drug-likeness (QED) is 0.560. The Morgan fingerprint density at radius 2 is 2.33 bits per heavy atom. The summed E-state index contributed by atoms with van der Waals surface area (Å²) < 4.78 is 1.40. The molecule has 15 heavy (non-hydrogen) atoms. The zero-order valence-electron chi connectivity index (χ0n) is 8.89. The van der Waals surface area contributed by atoms with Gasteiger partial charge in [-0.15, -0.1) is 0 Å². The van der Waals surface area contributed by atoms with Crippen LogP contribution in [0.15, 0.2) is 0 Å². The van der Waals surface area contributed by atoms with Gasteiger partial charge in [0.25, 0.3) is 0 Å². The van der Waals surface area contributed by atoms with Crippen molar-refractivity contribution in [2.75, 3.05) is 11.9 Å². The number of rotatable bonds is 4. The zero-order valence-corrected chi connectivity index (χ0v) is 8.89. The number of nitro groups is 1. The van der Waals surface area contributed by atoms with E-state index < -0.39 is 4.92 Å². The summed E-state index contributed by atoms with van der Waals surface area (Å²) in [6, 6.07) is -0.251. The molecular weight excluding hydrogens is 200 g/mol. The van der Waals surface area contributed by atoms with Crippen LogP contribution in [0, 0.1) is 17.0 Å². The van der Waals surface area contributed by atoms with E-state index in [0.29, 0.717) is 11.5 Å². The average Bonchev–Trinajstić information content (AvgIpc) is 2.41. The van der Waals surface area contributed by atoms with Crippen molar-refractivity contribution in [3.05, 3.63) is 15.8 Å². The standard InChI is InChI=1S/C8H14N4O3/c1-5(4-13)9-8-7(12(14)15)6(2)10-11(8)3/h5,9,13H,4H2,1-3H3. The molecule has 0 aromatic carbocycles. The number of aryl methyl sites for hydroxylation is 2. The lowest BCUT2D eigenvalue weighted by molar-refractivity contribution is -0.384. The van der Waals surface area contributed by atoms with Crippen LogP contribution in [-0.4, -0.2) is 32.5 Å². The lowest BCUT2D eigenvalue weighted by Gasteiger charge is -2.11. The number of aromatic nitrogens is 2. The summed E-state index contributed by atoms with van der Waals surface area (Å²) in [5.74, 6) is 0.319. The van der Waals surface area contributed by atoms with Crippen LogP contribution in [0.1, 0.15) is 12.6 Å². The van der Waals surface area contributed by atoms with Gasteiger partial charge in [0.05, 0.1) is 11.5 Å². The van der Waals surface area contributed by atoms with Crippen molar-refractivity contribution in [3.63, 3.8) is 0 Å². The summed E-state index contributed by atoms with van der Waals surface area (Å²) in [4.78, 5) is 10.3. The molecule has 7 nitrogen and oxygen atoms in total. The number of anilines is 1. The van der Waals surface area contributed by atoms with Crippen molar-refractivity contribution in [3.8, 4) is 0 Å². The normalized spacial score (nSPS) is 12.5. The molecule has 0 amide bonds. The molecule has 1 atom stereocenters. The molecule has 1 unspecified atom stereocenters. The van der Waals surface area contributed by atoms with Gasteiger partial charge < -0.3 is 10.4 Å². The Morgan fingerprint density at radius 1 is 1.73 bits per heavy atom. The van der Waals surface area contributed by atoms with Crippen molar-refractivity contribution >= 4 is 11.5 Å². The van der Waals surface area contributed by atoms with Crippen molar-refractivity contribution in [1.29, 1.82) is 0 Å². The van der Waals surface area contributed by atoms with E-state index in [1.54, 1.807) is 20.9 Å². The smallest absolute Gasteiger partial charge is 0.333 e. The van der Waals surface area contributed by atoms with E-state index in [-0.39, 0.29) is 18.3 Å². The van der Waals surface area contributed by atoms with Crippen LogP contribution in [0.5, 0.6) is 0 Å². The monoisotopic (exact) mass is 214 g/mol. The number of aliphatic hydroxyl groups is 1. The van der Waals surface area contributed by atoms with E-state index in [9.17, 15) is 10.1 Å². The second-order valence-corrected chi connectivity index (χ2v) is 3.39. The topological polar surface area (TPSA) is 93.2 Å². The first-order valence-corrected chi connectivity index (χ1v) is 4.52. The van der Waals surface area contributed by atoms with Crippen LogP contribution in [0.3, 0.4) is 0 Å². The SMILES string of the molecule is Cc1nn(C)c(NC(C)CO)c1[N+](=O)[O-]. The van der Waals surface area contributed by atoms with Crippen LogP contribution >= 0.6 is 0 Å². The molecule has 0 spiro atoms. The summed E-state index contributed by atoms with van der Waals surface area (Å²) in [5.41, 5.74) is 0.313. The van der Waals surface area contributed by atoms with Gasteiger partial charge in [0.15, 0.2) is 0 Å². The number of aliphatic hydroxyl groups excluding tert-OH is 1. The highest BCUT2D eigenvalue weighted by Crippen LogP contribution is 2.27. The molecule has 0 aliphatic carbocycles. The summed E-state index contributed by atoms with van der Waals surface area (Å²) in [6.07, 6.45) is 0. The zero-order chi connectivity index (χ0) is 11.6. The van der Waals surface area contributed by atoms with Crippen molar-refractivity contribution in [2.24, 2.45) is 7.05 Å². The number of hydrogen-bond acceptors (Lipinski definition) is 5. The second-order valence-electron chi connectivity index (χ2n) is 3.39.